The molecule has 38 heavy (non-hydrogen) atoms. The number of carbonyl (C=O) groups is 3. The van der Waals surface area contributed by atoms with Crippen molar-refractivity contribution < 1.29 is 19.1 Å². The van der Waals surface area contributed by atoms with Crippen LogP contribution in [0, 0.1) is 5.41 Å². The second-order valence-electron chi connectivity index (χ2n) is 11.4. The van der Waals surface area contributed by atoms with Crippen molar-refractivity contribution in [3.05, 3.63) is 29.3 Å². The van der Waals surface area contributed by atoms with Gasteiger partial charge in [-0.3, -0.25) is 19.3 Å². The second-order valence-corrected chi connectivity index (χ2v) is 11.9. The largest absolute Gasteiger partial charge is 0.381 e. The Labute approximate surface area is 230 Å². The smallest absolute Gasteiger partial charge is 0.248 e. The number of amides is 3. The van der Waals surface area contributed by atoms with Gasteiger partial charge >= 0.3 is 0 Å². The molecule has 2 N–H and O–H groups in total. The minimum absolute atomic E-state index is 0.0299. The van der Waals surface area contributed by atoms with Crippen LogP contribution in [0.1, 0.15) is 45.4 Å². The van der Waals surface area contributed by atoms with E-state index in [4.69, 9.17) is 16.3 Å². The van der Waals surface area contributed by atoms with Gasteiger partial charge < -0.3 is 25.2 Å². The molecule has 4 aliphatic heterocycles. The predicted octanol–water partition coefficient (Wildman–Crippen LogP) is 2.03. The molecule has 0 radical (unpaired) electrons. The third kappa shape index (κ3) is 5.80. The average Bonchev–Trinajstić information content (AvgIpc) is 3.22. The van der Waals surface area contributed by atoms with Gasteiger partial charge in [-0.1, -0.05) is 17.7 Å². The number of ether oxygens (including phenoxy) is 1. The SMILES string of the molecule is CC(=O)NC1(C(=O)N2CCC3(CC2)C[C@H](CCN2CCN(c4cccc(Cl)c4)CC2)NC3=O)CCOCC1. The van der Waals surface area contributed by atoms with Crippen molar-refractivity contribution in [2.75, 3.05) is 63.9 Å². The maximum atomic E-state index is 13.5. The molecule has 1 aromatic carbocycles. The van der Waals surface area contributed by atoms with E-state index in [0.717, 1.165) is 50.6 Å². The van der Waals surface area contributed by atoms with Gasteiger partial charge in [0.25, 0.3) is 0 Å². The number of likely N-dealkylation sites (tertiary alicyclic amines) is 1. The minimum atomic E-state index is -0.883. The molecule has 0 saturated carbocycles. The van der Waals surface area contributed by atoms with Crippen LogP contribution in [0.3, 0.4) is 0 Å². The number of carbonyl (C=O) groups excluding carboxylic acids is 3. The summed E-state index contributed by atoms with van der Waals surface area (Å²) in [6.45, 7) is 8.38. The molecule has 5 rings (SSSR count). The number of hydrogen-bond acceptors (Lipinski definition) is 6. The summed E-state index contributed by atoms with van der Waals surface area (Å²) in [5.41, 5.74) is -0.0955. The van der Waals surface area contributed by atoms with Crippen LogP contribution in [-0.2, 0) is 19.1 Å². The molecule has 4 aliphatic rings. The van der Waals surface area contributed by atoms with Gasteiger partial charge in [-0.2, -0.15) is 0 Å². The van der Waals surface area contributed by atoms with Crippen molar-refractivity contribution in [2.24, 2.45) is 5.41 Å². The summed E-state index contributed by atoms with van der Waals surface area (Å²) in [4.78, 5) is 45.2. The number of halogens is 1. The van der Waals surface area contributed by atoms with Crippen LogP contribution in [-0.4, -0.2) is 98.1 Å². The number of nitrogens with one attached hydrogen (secondary N) is 2. The molecule has 1 spiro atoms. The molecule has 1 aromatic rings. The first kappa shape index (κ1) is 27.2. The van der Waals surface area contributed by atoms with E-state index in [9.17, 15) is 14.4 Å². The standard InChI is InChI=1S/C28H40ClN5O4/c1-21(35)31-28(8-17-38-18-9-28)26(37)34-11-6-27(7-12-34)20-23(30-25(27)36)5-10-32-13-15-33(16-14-32)24-4-2-3-22(29)19-24/h2-4,19,23H,5-18,20H2,1H3,(H,30,36)(H,31,35)/t23-/m0/s1. The molecule has 9 nitrogen and oxygen atoms in total. The molecule has 4 saturated heterocycles. The van der Waals surface area contributed by atoms with Crippen LogP contribution >= 0.6 is 11.6 Å². The van der Waals surface area contributed by atoms with E-state index in [1.54, 1.807) is 0 Å². The molecular weight excluding hydrogens is 506 g/mol. The topological polar surface area (TPSA) is 94.2 Å². The zero-order valence-electron chi connectivity index (χ0n) is 22.3. The first-order chi connectivity index (χ1) is 18.3. The number of hydrogen-bond donors (Lipinski definition) is 2. The van der Waals surface area contributed by atoms with Crippen LogP contribution in [0.4, 0.5) is 5.69 Å². The van der Waals surface area contributed by atoms with Crippen molar-refractivity contribution in [1.29, 1.82) is 0 Å². The maximum Gasteiger partial charge on any atom is 0.248 e. The van der Waals surface area contributed by atoms with Crippen molar-refractivity contribution in [2.45, 2.75) is 57.0 Å². The average molecular weight is 546 g/mol. The fourth-order valence-corrected chi connectivity index (χ4v) is 6.87. The van der Waals surface area contributed by atoms with Crippen molar-refractivity contribution in [1.82, 2.24) is 20.4 Å². The number of piperidine rings is 1. The normalized spacial score (nSPS) is 25.3. The van der Waals surface area contributed by atoms with E-state index in [-0.39, 0.29) is 29.2 Å². The third-order valence-corrected chi connectivity index (χ3v) is 9.21. The second kappa shape index (κ2) is 11.4. The van der Waals surface area contributed by atoms with E-state index in [0.29, 0.717) is 52.0 Å². The van der Waals surface area contributed by atoms with Crippen LogP contribution in [0.15, 0.2) is 24.3 Å². The van der Waals surface area contributed by atoms with Gasteiger partial charge in [0, 0.05) is 95.5 Å². The molecule has 0 unspecified atom stereocenters. The molecule has 0 aromatic heterocycles. The molecule has 1 atom stereocenters. The van der Waals surface area contributed by atoms with E-state index in [2.05, 4.69) is 26.5 Å². The summed E-state index contributed by atoms with van der Waals surface area (Å²) < 4.78 is 5.46. The first-order valence-electron chi connectivity index (χ1n) is 14.0. The Balaban J connectivity index is 1.09. The summed E-state index contributed by atoms with van der Waals surface area (Å²) >= 11 is 6.16. The highest BCUT2D eigenvalue weighted by Gasteiger charge is 2.51. The molecule has 0 bridgehead atoms. The lowest BCUT2D eigenvalue weighted by atomic mass is 9.75. The van der Waals surface area contributed by atoms with E-state index in [1.165, 1.54) is 12.6 Å². The van der Waals surface area contributed by atoms with Gasteiger partial charge in [-0.15, -0.1) is 0 Å². The molecule has 4 heterocycles. The minimum Gasteiger partial charge on any atom is -0.381 e. The molecule has 3 amide bonds. The highest BCUT2D eigenvalue weighted by molar-refractivity contribution is 6.30. The molecular formula is C28H40ClN5O4. The first-order valence-corrected chi connectivity index (χ1v) is 14.4. The van der Waals surface area contributed by atoms with Gasteiger partial charge in [-0.05, 0) is 43.9 Å². The van der Waals surface area contributed by atoms with Crippen molar-refractivity contribution >= 4 is 35.0 Å². The summed E-state index contributed by atoms with van der Waals surface area (Å²) in [6.07, 6.45) is 4.10. The van der Waals surface area contributed by atoms with Gasteiger partial charge in [-0.25, -0.2) is 0 Å². The summed E-state index contributed by atoms with van der Waals surface area (Å²) in [6, 6.07) is 8.20. The summed E-state index contributed by atoms with van der Waals surface area (Å²) in [5, 5.41) is 6.96. The van der Waals surface area contributed by atoms with Crippen LogP contribution < -0.4 is 15.5 Å². The van der Waals surface area contributed by atoms with E-state index in [1.807, 2.05) is 23.1 Å². The highest BCUT2D eigenvalue weighted by atomic mass is 35.5. The van der Waals surface area contributed by atoms with Crippen molar-refractivity contribution in [3.8, 4) is 0 Å². The monoisotopic (exact) mass is 545 g/mol. The molecule has 4 fully saturated rings. The summed E-state index contributed by atoms with van der Waals surface area (Å²) in [5.74, 6) is -0.0849. The lowest BCUT2D eigenvalue weighted by Crippen LogP contribution is -2.63. The lowest BCUT2D eigenvalue weighted by molar-refractivity contribution is -0.149. The number of piperazine rings is 1. The maximum absolute atomic E-state index is 13.5. The zero-order valence-corrected chi connectivity index (χ0v) is 23.1. The number of benzene rings is 1. The van der Waals surface area contributed by atoms with Crippen LogP contribution in [0.25, 0.3) is 0 Å². The lowest BCUT2D eigenvalue weighted by Gasteiger charge is -2.44. The van der Waals surface area contributed by atoms with Gasteiger partial charge in [0.05, 0.1) is 5.41 Å². The Morgan fingerprint density at radius 3 is 2.45 bits per heavy atom. The summed E-state index contributed by atoms with van der Waals surface area (Å²) in [7, 11) is 0. The van der Waals surface area contributed by atoms with Gasteiger partial charge in [0.2, 0.25) is 17.7 Å². The Bertz CT molecular complexity index is 1030. The van der Waals surface area contributed by atoms with Crippen LogP contribution in [0.5, 0.6) is 0 Å². The predicted molar refractivity (Wildman–Crippen MR) is 146 cm³/mol. The van der Waals surface area contributed by atoms with Crippen LogP contribution in [0.2, 0.25) is 5.02 Å². The van der Waals surface area contributed by atoms with Crippen molar-refractivity contribution in [3.63, 3.8) is 0 Å². The van der Waals surface area contributed by atoms with E-state index < -0.39 is 5.54 Å². The molecule has 0 aliphatic carbocycles. The number of rotatable bonds is 6. The Morgan fingerprint density at radius 2 is 1.79 bits per heavy atom. The zero-order chi connectivity index (χ0) is 26.8. The number of nitrogens with zero attached hydrogens (tertiary/aromatic N) is 3. The Hall–Kier alpha value is -2.36. The van der Waals surface area contributed by atoms with E-state index >= 15 is 0 Å². The van der Waals surface area contributed by atoms with Gasteiger partial charge in [0.15, 0.2) is 0 Å². The fourth-order valence-electron chi connectivity index (χ4n) is 6.69. The Kier molecular flexibility index (Phi) is 8.16. The van der Waals surface area contributed by atoms with Gasteiger partial charge in [0.1, 0.15) is 5.54 Å². The Morgan fingerprint density at radius 1 is 1.08 bits per heavy atom. The highest BCUT2D eigenvalue weighted by Crippen LogP contribution is 2.42. The number of anilines is 1. The molecule has 10 heteroatoms. The third-order valence-electron chi connectivity index (χ3n) is 8.97. The quantitative estimate of drug-likeness (QED) is 0.568. The fraction of sp³-hybridized carbons (Fsp3) is 0.679. The molecule has 208 valence electrons.